The second kappa shape index (κ2) is 7.64. The van der Waals surface area contributed by atoms with Crippen LogP contribution in [0.15, 0.2) is 33.3 Å². The van der Waals surface area contributed by atoms with Gasteiger partial charge in [0.25, 0.3) is 5.91 Å². The van der Waals surface area contributed by atoms with Gasteiger partial charge in [-0.1, -0.05) is 0 Å². The molecule has 1 aromatic rings. The van der Waals surface area contributed by atoms with E-state index in [9.17, 15) is 18.4 Å². The summed E-state index contributed by atoms with van der Waals surface area (Å²) in [4.78, 5) is 22.7. The van der Waals surface area contributed by atoms with Crippen LogP contribution in [-0.4, -0.2) is 30.4 Å². The summed E-state index contributed by atoms with van der Waals surface area (Å²) in [6.45, 7) is 0. The van der Waals surface area contributed by atoms with E-state index in [1.807, 2.05) is 0 Å². The number of benzene rings is 1. The fraction of sp³-hybridized carbons (Fsp3) is 0.0769. The maximum absolute atomic E-state index is 13.5. The Morgan fingerprint density at radius 3 is 2.83 bits per heavy atom. The van der Waals surface area contributed by atoms with Gasteiger partial charge in [-0.15, -0.1) is 5.10 Å². The second-order valence-electron chi connectivity index (χ2n) is 4.03. The highest BCUT2D eigenvalue weighted by Crippen LogP contribution is 2.23. The number of hydrogen-bond donors (Lipinski definition) is 1. The van der Waals surface area contributed by atoms with E-state index in [1.165, 1.54) is 13.2 Å². The first kappa shape index (κ1) is 17.5. The van der Waals surface area contributed by atoms with E-state index in [0.717, 1.165) is 30.1 Å². The Balaban J connectivity index is 2.13. The molecule has 6 nitrogen and oxygen atoms in total. The molecule has 1 N–H and O–H groups in total. The molecule has 1 aliphatic rings. The lowest BCUT2D eigenvalue weighted by Crippen LogP contribution is -2.19. The van der Waals surface area contributed by atoms with Crippen LogP contribution in [0.25, 0.3) is 0 Å². The number of ether oxygens (including phenoxy) is 1. The summed E-state index contributed by atoms with van der Waals surface area (Å²) in [6.07, 6.45) is 2.12. The highest BCUT2D eigenvalue weighted by atomic mass is 127. The van der Waals surface area contributed by atoms with Gasteiger partial charge in [0.1, 0.15) is 11.6 Å². The predicted molar refractivity (Wildman–Crippen MR) is 89.9 cm³/mol. The molecule has 0 aromatic heterocycles. The quantitative estimate of drug-likeness (QED) is 0.191. The van der Waals surface area contributed by atoms with Crippen molar-refractivity contribution in [2.45, 2.75) is 0 Å². The van der Waals surface area contributed by atoms with Crippen molar-refractivity contribution in [3.63, 3.8) is 0 Å². The van der Waals surface area contributed by atoms with Crippen LogP contribution in [0.3, 0.4) is 0 Å². The summed E-state index contributed by atoms with van der Waals surface area (Å²) in [5.41, 5.74) is 0.0554. The lowest BCUT2D eigenvalue weighted by Gasteiger charge is -1.98. The fourth-order valence-electron chi connectivity index (χ4n) is 1.42. The Morgan fingerprint density at radius 1 is 1.39 bits per heavy atom. The van der Waals surface area contributed by atoms with Crippen molar-refractivity contribution < 1.29 is 23.1 Å². The van der Waals surface area contributed by atoms with Gasteiger partial charge in [0.15, 0.2) is 5.17 Å². The SMILES string of the molecule is COC(=O)/C=C1/S/C(=N\N=Cc2cc(I)c(F)cc2F)NC1=O. The molecular formula is C13H8F2IN3O3S. The van der Waals surface area contributed by atoms with E-state index < -0.39 is 23.5 Å². The third kappa shape index (κ3) is 4.58. The smallest absolute Gasteiger partial charge is 0.331 e. The van der Waals surface area contributed by atoms with Crippen molar-refractivity contribution in [2.75, 3.05) is 7.11 Å². The Labute approximate surface area is 147 Å². The highest BCUT2D eigenvalue weighted by molar-refractivity contribution is 14.1. The maximum atomic E-state index is 13.5. The molecule has 10 heteroatoms. The molecule has 0 radical (unpaired) electrons. The third-order valence-electron chi connectivity index (χ3n) is 2.49. The molecule has 0 bridgehead atoms. The number of hydrogen-bond acceptors (Lipinski definition) is 6. The molecular weight excluding hydrogens is 443 g/mol. The van der Waals surface area contributed by atoms with E-state index in [1.54, 1.807) is 22.6 Å². The fourth-order valence-corrected chi connectivity index (χ4v) is 2.65. The van der Waals surface area contributed by atoms with Crippen LogP contribution in [0.4, 0.5) is 8.78 Å². The maximum Gasteiger partial charge on any atom is 0.331 e. The molecule has 0 unspecified atom stereocenters. The number of nitrogens with one attached hydrogen (secondary N) is 1. The summed E-state index contributed by atoms with van der Waals surface area (Å²) in [6, 6.07) is 2.03. The van der Waals surface area contributed by atoms with Crippen LogP contribution in [0.2, 0.25) is 0 Å². The molecule has 23 heavy (non-hydrogen) atoms. The monoisotopic (exact) mass is 451 g/mol. The van der Waals surface area contributed by atoms with Crippen molar-refractivity contribution in [3.8, 4) is 0 Å². The molecule has 2 rings (SSSR count). The first-order valence-corrected chi connectivity index (χ1v) is 7.84. The minimum Gasteiger partial charge on any atom is -0.466 e. The molecule has 1 amide bonds. The lowest BCUT2D eigenvalue weighted by atomic mass is 10.2. The van der Waals surface area contributed by atoms with Crippen molar-refractivity contribution >= 4 is 57.6 Å². The van der Waals surface area contributed by atoms with Crippen LogP contribution in [0.5, 0.6) is 0 Å². The zero-order chi connectivity index (χ0) is 17.0. The summed E-state index contributed by atoms with van der Waals surface area (Å²) in [7, 11) is 1.19. The number of carbonyl (C=O) groups excluding carboxylic acids is 2. The number of nitrogens with zero attached hydrogens (tertiary/aromatic N) is 2. The van der Waals surface area contributed by atoms with E-state index >= 15 is 0 Å². The van der Waals surface area contributed by atoms with Gasteiger partial charge in [0.2, 0.25) is 0 Å². The van der Waals surface area contributed by atoms with Gasteiger partial charge >= 0.3 is 5.97 Å². The van der Waals surface area contributed by atoms with E-state index in [4.69, 9.17) is 0 Å². The predicted octanol–water partition coefficient (Wildman–Crippen LogP) is 2.18. The van der Waals surface area contributed by atoms with Crippen LogP contribution in [-0.2, 0) is 14.3 Å². The van der Waals surface area contributed by atoms with Gasteiger partial charge in [-0.3, -0.25) is 10.1 Å². The Bertz CT molecular complexity index is 765. The lowest BCUT2D eigenvalue weighted by molar-refractivity contribution is -0.135. The number of amides is 1. The highest BCUT2D eigenvalue weighted by Gasteiger charge is 2.25. The summed E-state index contributed by atoms with van der Waals surface area (Å²) >= 11 is 2.61. The number of halogens is 3. The van der Waals surface area contributed by atoms with Gasteiger partial charge in [-0.05, 0) is 40.4 Å². The number of amidine groups is 1. The number of thioether (sulfide) groups is 1. The van der Waals surface area contributed by atoms with Crippen molar-refractivity contribution in [1.29, 1.82) is 0 Å². The summed E-state index contributed by atoms with van der Waals surface area (Å²) < 4.78 is 31.3. The number of carbonyl (C=O) groups is 2. The minimum atomic E-state index is -0.777. The average Bonchev–Trinajstić information content (AvgIpc) is 2.84. The molecule has 0 saturated carbocycles. The van der Waals surface area contributed by atoms with Gasteiger partial charge in [-0.2, -0.15) is 5.10 Å². The molecule has 0 aliphatic carbocycles. The van der Waals surface area contributed by atoms with Crippen LogP contribution in [0.1, 0.15) is 5.56 Å². The number of esters is 1. The molecule has 1 aromatic carbocycles. The summed E-state index contributed by atoms with van der Waals surface area (Å²) in [5.74, 6) is -2.63. The first-order valence-electron chi connectivity index (χ1n) is 5.95. The normalized spacial score (nSPS) is 18.0. The largest absolute Gasteiger partial charge is 0.466 e. The molecule has 120 valence electrons. The first-order chi connectivity index (χ1) is 10.9. The molecule has 1 fully saturated rings. The number of rotatable bonds is 3. The Hall–Kier alpha value is -1.82. The van der Waals surface area contributed by atoms with Gasteiger partial charge < -0.3 is 4.74 Å². The van der Waals surface area contributed by atoms with Gasteiger partial charge in [0, 0.05) is 21.3 Å². The summed E-state index contributed by atoms with van der Waals surface area (Å²) in [5, 5.41) is 9.86. The van der Waals surface area contributed by atoms with Gasteiger partial charge in [0.05, 0.1) is 18.2 Å². The van der Waals surface area contributed by atoms with E-state index in [2.05, 4.69) is 20.3 Å². The van der Waals surface area contributed by atoms with Crippen LogP contribution < -0.4 is 5.32 Å². The minimum absolute atomic E-state index is 0.0554. The topological polar surface area (TPSA) is 80.1 Å². The standard InChI is InChI=1S/C13H8F2IN3O3S/c1-22-11(20)4-10-12(21)18-13(23-10)19-17-5-6-2-9(16)8(15)3-7(6)14/h2-5H,1H3,(H,18,19,21)/b10-4+,17-5?. The Morgan fingerprint density at radius 2 is 2.13 bits per heavy atom. The number of methoxy groups -OCH3 is 1. The van der Waals surface area contributed by atoms with Crippen molar-refractivity contribution in [2.24, 2.45) is 10.2 Å². The second-order valence-corrected chi connectivity index (χ2v) is 6.22. The zero-order valence-electron chi connectivity index (χ0n) is 11.5. The van der Waals surface area contributed by atoms with Crippen molar-refractivity contribution in [1.82, 2.24) is 5.32 Å². The Kier molecular flexibility index (Phi) is 5.82. The van der Waals surface area contributed by atoms with Crippen LogP contribution >= 0.6 is 34.4 Å². The van der Waals surface area contributed by atoms with E-state index in [-0.39, 0.29) is 19.2 Å². The molecule has 0 atom stereocenters. The zero-order valence-corrected chi connectivity index (χ0v) is 14.4. The average molecular weight is 451 g/mol. The molecule has 0 spiro atoms. The molecule has 1 aliphatic heterocycles. The molecule has 1 saturated heterocycles. The van der Waals surface area contributed by atoms with Gasteiger partial charge in [-0.25, -0.2) is 13.6 Å². The van der Waals surface area contributed by atoms with E-state index in [0.29, 0.717) is 0 Å². The van der Waals surface area contributed by atoms with Crippen LogP contribution in [0, 0.1) is 15.2 Å². The van der Waals surface area contributed by atoms with Crippen molar-refractivity contribution in [3.05, 3.63) is 43.9 Å². The third-order valence-corrected chi connectivity index (χ3v) is 4.21. The molecule has 1 heterocycles.